The molecule has 0 aliphatic heterocycles. The van der Waals surface area contributed by atoms with Gasteiger partial charge in [0.15, 0.2) is 0 Å². The van der Waals surface area contributed by atoms with Crippen molar-refractivity contribution in [2.75, 3.05) is 11.2 Å². The minimum Gasteiger partial charge on any atom is -0.325 e. The fraction of sp³-hybridized carbons (Fsp3) is 0.500. The zero-order chi connectivity index (χ0) is 13.9. The number of hydrogen-bond donors (Lipinski definition) is 1. The second-order valence-corrected chi connectivity index (χ2v) is 6.46. The third-order valence-corrected chi connectivity index (χ3v) is 3.66. The standard InChI is InChI=1S/C14H19ClINO/c1-8(2)11-5-10(16)6-12(9(3)4)14(11)17-13(18)7-15/h5-6,8-9H,7H2,1-4H3,(H,17,18). The van der Waals surface area contributed by atoms with Crippen molar-refractivity contribution in [1.82, 2.24) is 0 Å². The molecule has 0 bridgehead atoms. The molecule has 0 radical (unpaired) electrons. The summed E-state index contributed by atoms with van der Waals surface area (Å²) in [5.41, 5.74) is 3.28. The Kier molecular flexibility index (Phi) is 5.92. The maximum absolute atomic E-state index is 11.6. The van der Waals surface area contributed by atoms with Gasteiger partial charge in [-0.25, -0.2) is 0 Å². The van der Waals surface area contributed by atoms with Gasteiger partial charge in [-0.2, -0.15) is 0 Å². The third kappa shape index (κ3) is 3.85. The first-order valence-electron chi connectivity index (χ1n) is 6.06. The van der Waals surface area contributed by atoms with Gasteiger partial charge < -0.3 is 5.32 Å². The number of hydrogen-bond acceptors (Lipinski definition) is 1. The van der Waals surface area contributed by atoms with E-state index in [0.29, 0.717) is 11.8 Å². The molecule has 1 amide bonds. The van der Waals surface area contributed by atoms with E-state index in [0.717, 1.165) is 5.69 Å². The van der Waals surface area contributed by atoms with Gasteiger partial charge >= 0.3 is 0 Å². The van der Waals surface area contributed by atoms with Crippen molar-refractivity contribution >= 4 is 45.8 Å². The number of alkyl halides is 1. The lowest BCUT2D eigenvalue weighted by atomic mass is 9.92. The summed E-state index contributed by atoms with van der Waals surface area (Å²) in [7, 11) is 0. The van der Waals surface area contributed by atoms with Crippen LogP contribution >= 0.6 is 34.2 Å². The molecule has 0 spiro atoms. The molecule has 0 saturated heterocycles. The van der Waals surface area contributed by atoms with Crippen LogP contribution in [0.15, 0.2) is 12.1 Å². The Bertz CT molecular complexity index is 414. The highest BCUT2D eigenvalue weighted by Gasteiger charge is 2.16. The Balaban J connectivity index is 3.36. The summed E-state index contributed by atoms with van der Waals surface area (Å²) >= 11 is 7.90. The lowest BCUT2D eigenvalue weighted by molar-refractivity contribution is -0.113. The average Bonchev–Trinajstić information content (AvgIpc) is 2.29. The predicted octanol–water partition coefficient (Wildman–Crippen LogP) is 4.72. The van der Waals surface area contributed by atoms with Gasteiger partial charge in [0.2, 0.25) is 5.91 Å². The van der Waals surface area contributed by atoms with Gasteiger partial charge in [0.1, 0.15) is 5.88 Å². The Hall–Kier alpha value is -0.290. The summed E-state index contributed by atoms with van der Waals surface area (Å²) in [5, 5.41) is 2.94. The first-order chi connectivity index (χ1) is 8.36. The lowest BCUT2D eigenvalue weighted by Gasteiger charge is -2.20. The summed E-state index contributed by atoms with van der Waals surface area (Å²) in [4.78, 5) is 11.6. The topological polar surface area (TPSA) is 29.1 Å². The molecule has 1 aromatic rings. The number of halogens is 2. The van der Waals surface area contributed by atoms with Crippen LogP contribution in [0.4, 0.5) is 5.69 Å². The SMILES string of the molecule is CC(C)c1cc(I)cc(C(C)C)c1NC(=O)CCl. The zero-order valence-electron chi connectivity index (χ0n) is 11.2. The molecule has 1 aromatic carbocycles. The molecule has 0 unspecified atom stereocenters. The highest BCUT2D eigenvalue weighted by Crippen LogP contribution is 2.34. The van der Waals surface area contributed by atoms with E-state index < -0.39 is 0 Å². The second-order valence-electron chi connectivity index (χ2n) is 4.95. The molecule has 0 aliphatic carbocycles. The summed E-state index contributed by atoms with van der Waals surface area (Å²) in [6.45, 7) is 8.52. The van der Waals surface area contributed by atoms with Crippen molar-refractivity contribution in [1.29, 1.82) is 0 Å². The van der Waals surface area contributed by atoms with Crippen LogP contribution in [0.5, 0.6) is 0 Å². The molecule has 100 valence electrons. The maximum Gasteiger partial charge on any atom is 0.239 e. The van der Waals surface area contributed by atoms with E-state index in [1.54, 1.807) is 0 Å². The minimum absolute atomic E-state index is 0.0128. The number of carbonyl (C=O) groups excluding carboxylic acids is 1. The van der Waals surface area contributed by atoms with Crippen molar-refractivity contribution in [3.05, 3.63) is 26.8 Å². The molecule has 0 atom stereocenters. The van der Waals surface area contributed by atoms with E-state index in [-0.39, 0.29) is 11.8 Å². The van der Waals surface area contributed by atoms with Gasteiger partial charge in [-0.1, -0.05) is 27.7 Å². The molecular formula is C14H19ClINO. The van der Waals surface area contributed by atoms with Gasteiger partial charge in [-0.3, -0.25) is 4.79 Å². The molecule has 0 saturated carbocycles. The van der Waals surface area contributed by atoms with Crippen LogP contribution in [0.1, 0.15) is 50.7 Å². The van der Waals surface area contributed by atoms with Crippen molar-refractivity contribution in [3.8, 4) is 0 Å². The van der Waals surface area contributed by atoms with Gasteiger partial charge in [-0.15, -0.1) is 11.6 Å². The average molecular weight is 380 g/mol. The normalized spacial score (nSPS) is 11.1. The Morgan fingerprint density at radius 1 is 1.22 bits per heavy atom. The van der Waals surface area contributed by atoms with E-state index in [9.17, 15) is 4.79 Å². The van der Waals surface area contributed by atoms with Crippen molar-refractivity contribution in [3.63, 3.8) is 0 Å². The lowest BCUT2D eigenvalue weighted by Crippen LogP contribution is -2.17. The molecule has 2 nitrogen and oxygen atoms in total. The quantitative estimate of drug-likeness (QED) is 0.595. The van der Waals surface area contributed by atoms with Gasteiger partial charge in [0.05, 0.1) is 0 Å². The van der Waals surface area contributed by atoms with E-state index in [4.69, 9.17) is 11.6 Å². The fourth-order valence-corrected chi connectivity index (χ4v) is 2.62. The maximum atomic E-state index is 11.6. The van der Waals surface area contributed by atoms with Gasteiger partial charge in [-0.05, 0) is 57.7 Å². The monoisotopic (exact) mass is 379 g/mol. The van der Waals surface area contributed by atoms with E-state index in [1.807, 2.05) is 0 Å². The largest absolute Gasteiger partial charge is 0.325 e. The second kappa shape index (κ2) is 6.75. The number of anilines is 1. The van der Waals surface area contributed by atoms with Crippen LogP contribution in [0.25, 0.3) is 0 Å². The van der Waals surface area contributed by atoms with E-state index in [2.05, 4.69) is 67.7 Å². The molecule has 18 heavy (non-hydrogen) atoms. The summed E-state index contributed by atoms with van der Waals surface area (Å²) < 4.78 is 1.20. The minimum atomic E-state index is -0.151. The third-order valence-electron chi connectivity index (χ3n) is 2.79. The molecule has 0 heterocycles. The fourth-order valence-electron chi connectivity index (χ4n) is 1.88. The van der Waals surface area contributed by atoms with Crippen LogP contribution < -0.4 is 5.32 Å². The van der Waals surface area contributed by atoms with Crippen molar-refractivity contribution in [2.45, 2.75) is 39.5 Å². The van der Waals surface area contributed by atoms with Crippen LogP contribution in [-0.4, -0.2) is 11.8 Å². The van der Waals surface area contributed by atoms with Crippen molar-refractivity contribution in [2.24, 2.45) is 0 Å². The highest BCUT2D eigenvalue weighted by molar-refractivity contribution is 14.1. The smallest absolute Gasteiger partial charge is 0.239 e. The van der Waals surface area contributed by atoms with E-state index >= 15 is 0 Å². The summed E-state index contributed by atoms with van der Waals surface area (Å²) in [6.07, 6.45) is 0. The van der Waals surface area contributed by atoms with Crippen LogP contribution in [0, 0.1) is 3.57 Å². The summed E-state index contributed by atoms with van der Waals surface area (Å²) in [5.74, 6) is 0.563. The molecule has 1 N–H and O–H groups in total. The first-order valence-corrected chi connectivity index (χ1v) is 7.67. The predicted molar refractivity (Wildman–Crippen MR) is 86.7 cm³/mol. The van der Waals surface area contributed by atoms with E-state index in [1.165, 1.54) is 14.7 Å². The van der Waals surface area contributed by atoms with Crippen LogP contribution in [-0.2, 0) is 4.79 Å². The Morgan fingerprint density at radius 3 is 2.00 bits per heavy atom. The first kappa shape index (κ1) is 15.8. The Morgan fingerprint density at radius 2 is 1.67 bits per heavy atom. The van der Waals surface area contributed by atoms with Crippen LogP contribution in [0.3, 0.4) is 0 Å². The number of rotatable bonds is 4. The molecular weight excluding hydrogens is 361 g/mol. The molecule has 0 aromatic heterocycles. The Labute approximate surface area is 128 Å². The number of carbonyl (C=O) groups is 1. The molecule has 0 aliphatic rings. The molecule has 0 fully saturated rings. The van der Waals surface area contributed by atoms with Crippen LogP contribution in [0.2, 0.25) is 0 Å². The number of benzene rings is 1. The highest BCUT2D eigenvalue weighted by atomic mass is 127. The number of amides is 1. The molecule has 1 rings (SSSR count). The van der Waals surface area contributed by atoms with Gasteiger partial charge in [0, 0.05) is 9.26 Å². The summed E-state index contributed by atoms with van der Waals surface area (Å²) in [6, 6.07) is 4.25. The zero-order valence-corrected chi connectivity index (χ0v) is 14.1. The van der Waals surface area contributed by atoms with Gasteiger partial charge in [0.25, 0.3) is 0 Å². The molecule has 4 heteroatoms. The van der Waals surface area contributed by atoms with Crippen molar-refractivity contribution < 1.29 is 4.79 Å². The number of nitrogens with one attached hydrogen (secondary N) is 1.